The Hall–Kier alpha value is -6.70. The minimum absolute atomic E-state index is 0.569. The lowest BCUT2D eigenvalue weighted by atomic mass is 9.83. The van der Waals surface area contributed by atoms with Gasteiger partial charge >= 0.3 is 0 Å². The van der Waals surface area contributed by atoms with Crippen LogP contribution in [-0.2, 0) is 0 Å². The molecule has 0 amide bonds. The molecule has 0 bridgehead atoms. The summed E-state index contributed by atoms with van der Waals surface area (Å²) in [6.07, 6.45) is 0. The lowest BCUT2D eigenvalue weighted by Gasteiger charge is -2.19. The summed E-state index contributed by atoms with van der Waals surface area (Å²) in [5.74, 6) is 0. The van der Waals surface area contributed by atoms with E-state index in [4.69, 9.17) is 26.3 Å². The molecule has 0 aliphatic carbocycles. The molecule has 236 valence electrons. The lowest BCUT2D eigenvalue weighted by molar-refractivity contribution is 0.673. The highest BCUT2D eigenvalue weighted by Gasteiger charge is 2.22. The Morgan fingerprint density at radius 1 is 0.333 bits per heavy atom. The van der Waals surface area contributed by atoms with Crippen LogP contribution in [0.4, 0.5) is 0 Å². The van der Waals surface area contributed by atoms with Crippen LogP contribution in [-0.4, -0.2) is 0 Å². The van der Waals surface area contributed by atoms with E-state index in [9.17, 15) is 19.2 Å². The summed E-state index contributed by atoms with van der Waals surface area (Å²) in [5.41, 5.74) is -5.79. The van der Waals surface area contributed by atoms with Crippen LogP contribution >= 0.6 is 0 Å². The lowest BCUT2D eigenvalue weighted by Crippen LogP contribution is -1.92. The number of benzene rings is 10. The van der Waals surface area contributed by atoms with Crippen LogP contribution in [0.15, 0.2) is 186 Å². The highest BCUT2D eigenvalue weighted by molar-refractivity contribution is 6.28. The summed E-state index contributed by atoms with van der Waals surface area (Å²) in [5, 5.41) is -7.97. The fourth-order valence-electron chi connectivity index (χ4n) is 6.50. The van der Waals surface area contributed by atoms with E-state index in [2.05, 4.69) is 0 Å². The molecule has 0 aliphatic heterocycles. The summed E-state index contributed by atoms with van der Waals surface area (Å²) in [6.45, 7) is 0. The van der Waals surface area contributed by atoms with E-state index in [-0.39, 0.29) is 0 Å². The summed E-state index contributed by atoms with van der Waals surface area (Å²) in [6, 6.07) is -28.2. The van der Waals surface area contributed by atoms with Crippen molar-refractivity contribution >= 4 is 75.8 Å². The monoisotopic (exact) mass is 676 g/mol. The van der Waals surface area contributed by atoms with E-state index in [1.54, 1.807) is 0 Å². The summed E-state index contributed by atoms with van der Waals surface area (Å²) in [4.78, 5) is 0. The Morgan fingerprint density at radius 3 is 1.67 bits per heavy atom. The van der Waals surface area contributed by atoms with Crippen molar-refractivity contribution in [2.24, 2.45) is 0 Å². The van der Waals surface area contributed by atoms with Crippen LogP contribution in [0.25, 0.3) is 109 Å². The molecular formula is C50H30O. The van der Waals surface area contributed by atoms with Gasteiger partial charge in [-0.05, 0) is 106 Å². The van der Waals surface area contributed by atoms with Crippen molar-refractivity contribution in [2.45, 2.75) is 0 Å². The van der Waals surface area contributed by atoms with E-state index in [0.29, 0.717) is 0 Å². The number of furan rings is 1. The first-order valence-electron chi connectivity index (χ1n) is 30.2. The van der Waals surface area contributed by atoms with E-state index >= 15 is 0 Å². The summed E-state index contributed by atoms with van der Waals surface area (Å²) >= 11 is 0. The molecule has 11 aromatic rings. The van der Waals surface area contributed by atoms with E-state index < -0.39 is 290 Å². The van der Waals surface area contributed by atoms with E-state index in [1.165, 1.54) is 0 Å². The highest BCUT2D eigenvalue weighted by atomic mass is 16.3. The minimum atomic E-state index is -1.03. The largest absolute Gasteiger partial charge is 0.455 e. The molecular weight excluding hydrogens is 617 g/mol. The Morgan fingerprint density at radius 2 is 0.902 bits per heavy atom. The van der Waals surface area contributed by atoms with Crippen LogP contribution in [0.1, 0.15) is 41.1 Å². The zero-order chi connectivity index (χ0) is 59.6. The van der Waals surface area contributed by atoms with Crippen LogP contribution in [0.3, 0.4) is 0 Å². The first-order chi connectivity index (χ1) is 37.8. The predicted molar refractivity (Wildman–Crippen MR) is 218 cm³/mol. The number of fused-ring (bicyclic) bond motifs is 10. The van der Waals surface area contributed by atoms with Gasteiger partial charge in [-0.2, -0.15) is 0 Å². The predicted octanol–water partition coefficient (Wildman–Crippen LogP) is 14.4. The van der Waals surface area contributed by atoms with Crippen molar-refractivity contribution in [3.8, 4) is 33.4 Å². The van der Waals surface area contributed by atoms with Crippen molar-refractivity contribution in [2.75, 3.05) is 0 Å². The highest BCUT2D eigenvalue weighted by Crippen LogP contribution is 2.48. The Labute approximate surface area is 336 Å². The molecule has 0 radical (unpaired) electrons. The van der Waals surface area contributed by atoms with Crippen LogP contribution in [0.2, 0.25) is 0 Å². The average molecular weight is 677 g/mol. The van der Waals surface area contributed by atoms with Crippen molar-refractivity contribution in [1.29, 1.82) is 0 Å². The molecule has 0 spiro atoms. The number of hydrogen-bond acceptors (Lipinski definition) is 1. The standard InChI is InChI=1S/C50H30O/c1-2-12-31(13-3-1)33-25-27-36-34(30-33)26-29-45-49-44(22-11-23-46(49)51-50(36)45)48-42-18-8-6-16-40(42)47(41-17-7-9-19-43(41)48)39-21-10-20-37-35-15-5-4-14-32(35)24-28-38(37)39/h1-30H/i1D,2D,3D,4D,5D,6D,7D,8D,9D,10D,11D,12D,13D,14D,15D,16D,17D,18D,19D,20D,21D,22D,23D,24D,25D,26D,27D,28D,29D,30D. The van der Waals surface area contributed by atoms with Crippen molar-refractivity contribution in [3.63, 3.8) is 0 Å². The van der Waals surface area contributed by atoms with Gasteiger partial charge < -0.3 is 4.42 Å². The maximum atomic E-state index is 9.68. The van der Waals surface area contributed by atoms with Gasteiger partial charge in [-0.3, -0.25) is 0 Å². The van der Waals surface area contributed by atoms with Gasteiger partial charge in [-0.15, -0.1) is 0 Å². The second-order valence-electron chi connectivity index (χ2n) is 11.3. The third-order valence-electron chi connectivity index (χ3n) is 8.62. The Bertz CT molecular complexity index is 4820. The first kappa shape index (κ1) is 11.7. The molecule has 0 unspecified atom stereocenters. The molecule has 11 rings (SSSR count). The molecule has 1 aromatic heterocycles. The normalized spacial score (nSPS) is 20.2. The smallest absolute Gasteiger partial charge is 0.143 e. The van der Waals surface area contributed by atoms with Gasteiger partial charge in [0.1, 0.15) is 11.2 Å². The Balaban J connectivity index is 1.44. The zero-order valence-corrected chi connectivity index (χ0v) is 25.4. The van der Waals surface area contributed by atoms with Crippen LogP contribution < -0.4 is 0 Å². The molecule has 10 aromatic carbocycles. The molecule has 0 saturated carbocycles. The quantitative estimate of drug-likeness (QED) is 0.134. The number of rotatable bonds is 3. The van der Waals surface area contributed by atoms with Gasteiger partial charge in [0.25, 0.3) is 0 Å². The van der Waals surface area contributed by atoms with Gasteiger partial charge in [0.05, 0.1) is 41.1 Å². The number of hydrogen-bond donors (Lipinski definition) is 0. The third kappa shape index (κ3) is 4.16. The van der Waals surface area contributed by atoms with E-state index in [1.807, 2.05) is 0 Å². The zero-order valence-electron chi connectivity index (χ0n) is 55.4. The summed E-state index contributed by atoms with van der Waals surface area (Å²) in [7, 11) is 0. The molecule has 0 aliphatic rings. The topological polar surface area (TPSA) is 13.1 Å². The molecule has 1 nitrogen and oxygen atoms in total. The fraction of sp³-hybridized carbons (Fsp3) is 0. The van der Waals surface area contributed by atoms with Crippen LogP contribution in [0.5, 0.6) is 0 Å². The molecule has 0 atom stereocenters. The SMILES string of the molecule is [2H]c1c([2H])c([2H])c(-c2c([2H])c([2H])c3c(c2[2H])c([2H])c([2H])c2c3oc3c([2H])c([2H])c([2H])c(-c4c5c([2H])c([2H])c([2H])c([2H])c5c(-c5c([2H])c([2H])c([2H])c6c5c([2H])c([2H])c5c([2H])c([2H])c([2H])c([2H])c56)c5c([2H])c([2H])c([2H])c([2H])c45)c32)c([2H])c1[2H]. The molecule has 1 heteroatoms. The van der Waals surface area contributed by atoms with Gasteiger partial charge in [0.15, 0.2) is 0 Å². The van der Waals surface area contributed by atoms with Gasteiger partial charge in [0.2, 0.25) is 0 Å². The molecule has 1 heterocycles. The van der Waals surface area contributed by atoms with Crippen molar-refractivity contribution < 1.29 is 45.5 Å². The van der Waals surface area contributed by atoms with Gasteiger partial charge in [-0.1, -0.05) is 157 Å². The molecule has 0 fully saturated rings. The maximum Gasteiger partial charge on any atom is 0.143 e. The second kappa shape index (κ2) is 10.9. The third-order valence-corrected chi connectivity index (χ3v) is 8.62. The Kier molecular flexibility index (Phi) is 2.50. The molecule has 0 N–H and O–H groups in total. The first-order valence-corrected chi connectivity index (χ1v) is 15.2. The average Bonchev–Trinajstić information content (AvgIpc) is 2.45. The molecule has 0 saturated heterocycles. The van der Waals surface area contributed by atoms with Gasteiger partial charge in [0, 0.05) is 16.2 Å². The minimum Gasteiger partial charge on any atom is -0.455 e. The maximum absolute atomic E-state index is 9.68. The fourth-order valence-corrected chi connectivity index (χ4v) is 6.50. The van der Waals surface area contributed by atoms with E-state index in [0.717, 1.165) is 0 Å². The van der Waals surface area contributed by atoms with Crippen molar-refractivity contribution in [1.82, 2.24) is 0 Å². The molecule has 51 heavy (non-hydrogen) atoms. The van der Waals surface area contributed by atoms with Crippen LogP contribution in [0, 0.1) is 0 Å². The van der Waals surface area contributed by atoms with Gasteiger partial charge in [-0.25, -0.2) is 0 Å². The second-order valence-corrected chi connectivity index (χ2v) is 11.3. The summed E-state index contributed by atoms with van der Waals surface area (Å²) < 4.78 is 279. The van der Waals surface area contributed by atoms with Crippen molar-refractivity contribution in [3.05, 3.63) is 181 Å².